The van der Waals surface area contributed by atoms with E-state index in [1.165, 1.54) is 28.6 Å². The predicted octanol–water partition coefficient (Wildman–Crippen LogP) is 4.59. The van der Waals surface area contributed by atoms with Gasteiger partial charge in [0.15, 0.2) is 18.3 Å². The second kappa shape index (κ2) is 11.9. The van der Waals surface area contributed by atoms with Crippen LogP contribution in [-0.4, -0.2) is 57.6 Å². The van der Waals surface area contributed by atoms with Gasteiger partial charge in [0.1, 0.15) is 0 Å². The molecule has 1 aliphatic rings. The number of alkyl halides is 3. The van der Waals surface area contributed by atoms with Gasteiger partial charge < -0.3 is 14.8 Å². The zero-order chi connectivity index (χ0) is 27.3. The normalized spacial score (nSPS) is 16.4. The lowest BCUT2D eigenvalue weighted by molar-refractivity contribution is -0.207. The maximum atomic E-state index is 13.1. The number of ether oxygens (including phenoxy) is 2. The summed E-state index contributed by atoms with van der Waals surface area (Å²) in [5.74, 6) is -4.46. The van der Waals surface area contributed by atoms with Crippen molar-refractivity contribution in [1.82, 2.24) is 14.5 Å². The van der Waals surface area contributed by atoms with Crippen molar-refractivity contribution >= 4 is 59.0 Å². The summed E-state index contributed by atoms with van der Waals surface area (Å²) in [5.41, 5.74) is -0.110. The van der Waals surface area contributed by atoms with Crippen LogP contribution in [0.1, 0.15) is 22.8 Å². The van der Waals surface area contributed by atoms with Crippen LogP contribution in [0.25, 0.3) is 0 Å². The summed E-state index contributed by atoms with van der Waals surface area (Å²) in [7, 11) is 0. The number of halogens is 5. The van der Waals surface area contributed by atoms with Crippen molar-refractivity contribution in [3.05, 3.63) is 69.7 Å². The van der Waals surface area contributed by atoms with Crippen LogP contribution in [-0.2, 0) is 25.6 Å². The highest BCUT2D eigenvalue weighted by molar-refractivity contribution is 7.98. The van der Waals surface area contributed by atoms with E-state index in [4.69, 9.17) is 27.9 Å². The molecule has 0 radical (unpaired) electrons. The number of rotatable bonds is 8. The van der Waals surface area contributed by atoms with E-state index in [9.17, 15) is 32.3 Å². The summed E-state index contributed by atoms with van der Waals surface area (Å²) in [6, 6.07) is 11.9. The Morgan fingerprint density at radius 3 is 2.19 bits per heavy atom. The van der Waals surface area contributed by atoms with Crippen LogP contribution in [0, 0.1) is 0 Å². The number of carbonyl (C=O) groups is 4. The molecule has 2 unspecified atom stereocenters. The molecule has 37 heavy (non-hydrogen) atoms. The highest BCUT2D eigenvalue weighted by Crippen LogP contribution is 2.32. The number of hydrogen-bond acceptors (Lipinski definition) is 7. The predicted molar refractivity (Wildman–Crippen MR) is 127 cm³/mol. The summed E-state index contributed by atoms with van der Waals surface area (Å²) in [5, 5.41) is 3.52. The van der Waals surface area contributed by atoms with Gasteiger partial charge in [-0.05, 0) is 48.9 Å². The molecule has 9 nitrogen and oxygen atoms in total. The summed E-state index contributed by atoms with van der Waals surface area (Å²) >= 11 is 12.7. The maximum Gasteiger partial charge on any atom is 0.490 e. The number of amides is 3. The molecular weight excluding hydrogens is 562 g/mol. The Kier molecular flexibility index (Phi) is 9.16. The Morgan fingerprint density at radius 1 is 1.05 bits per heavy atom. The standard InChI is InChI=1S/C22H18Cl2F3N3O6S/c1-12(36-19(33)22(25,26)27)18(32)35-11-29-20(28-17(31)14-4-8-16(24)9-5-14)37-30(21(29)34)10-13-2-6-15(23)7-3-13/h2-9,12,20H,10-11H2,1H3,(H,28,31). The van der Waals surface area contributed by atoms with Gasteiger partial charge in [-0.25, -0.2) is 14.4 Å². The summed E-state index contributed by atoms with van der Waals surface area (Å²) in [6.07, 6.45) is -7.19. The fraction of sp³-hybridized carbons (Fsp3) is 0.273. The molecule has 0 aliphatic carbocycles. The Labute approximate surface area is 222 Å². The number of carbonyl (C=O) groups excluding carboxylic acids is 4. The fourth-order valence-electron chi connectivity index (χ4n) is 2.88. The highest BCUT2D eigenvalue weighted by atomic mass is 35.5. The molecule has 3 rings (SSSR count). The molecule has 0 aromatic heterocycles. The molecule has 1 heterocycles. The first kappa shape index (κ1) is 28.4. The molecule has 1 aliphatic heterocycles. The van der Waals surface area contributed by atoms with Crippen molar-refractivity contribution in [3.63, 3.8) is 0 Å². The number of hydrogen-bond donors (Lipinski definition) is 1. The van der Waals surface area contributed by atoms with Crippen molar-refractivity contribution in [2.45, 2.75) is 31.2 Å². The van der Waals surface area contributed by atoms with Gasteiger partial charge >= 0.3 is 24.1 Å². The number of esters is 2. The van der Waals surface area contributed by atoms with Crippen LogP contribution in [0.5, 0.6) is 0 Å². The third-order valence-corrected chi connectivity index (χ3v) is 6.38. The second-order valence-electron chi connectivity index (χ2n) is 7.49. The SMILES string of the molecule is CC(OC(=O)C(F)(F)F)C(=O)OCN1C(=O)N(Cc2ccc(Cl)cc2)SC1NC(=O)c1ccc(Cl)cc1. The summed E-state index contributed by atoms with van der Waals surface area (Å²) < 4.78 is 47.4. The smallest absolute Gasteiger partial charge is 0.444 e. The first-order valence-electron chi connectivity index (χ1n) is 10.4. The van der Waals surface area contributed by atoms with Crippen LogP contribution >= 0.6 is 35.1 Å². The van der Waals surface area contributed by atoms with Gasteiger partial charge in [0.2, 0.25) is 0 Å². The lowest BCUT2D eigenvalue weighted by Gasteiger charge is -2.23. The maximum absolute atomic E-state index is 13.1. The van der Waals surface area contributed by atoms with Crippen LogP contribution in [0.15, 0.2) is 48.5 Å². The lowest BCUT2D eigenvalue weighted by atomic mass is 10.2. The van der Waals surface area contributed by atoms with Gasteiger partial charge in [-0.15, -0.1) is 0 Å². The average molecular weight is 580 g/mol. The third kappa shape index (κ3) is 7.66. The Balaban J connectivity index is 1.71. The van der Waals surface area contributed by atoms with E-state index >= 15 is 0 Å². The van der Waals surface area contributed by atoms with E-state index in [0.717, 1.165) is 23.8 Å². The van der Waals surface area contributed by atoms with E-state index in [1.54, 1.807) is 24.3 Å². The quantitative estimate of drug-likeness (QED) is 0.360. The molecule has 0 saturated carbocycles. The minimum Gasteiger partial charge on any atom is -0.444 e. The minimum atomic E-state index is -5.30. The molecule has 15 heteroatoms. The van der Waals surface area contributed by atoms with Crippen LogP contribution in [0.2, 0.25) is 10.0 Å². The molecule has 2 atom stereocenters. The van der Waals surface area contributed by atoms with E-state index in [-0.39, 0.29) is 12.1 Å². The van der Waals surface area contributed by atoms with Crippen molar-refractivity contribution in [2.24, 2.45) is 0 Å². The van der Waals surface area contributed by atoms with Gasteiger partial charge in [0.25, 0.3) is 5.91 Å². The summed E-state index contributed by atoms with van der Waals surface area (Å²) in [4.78, 5) is 49.8. The Bertz CT molecular complexity index is 1170. The lowest BCUT2D eigenvalue weighted by Crippen LogP contribution is -2.46. The molecule has 2 aromatic rings. The van der Waals surface area contributed by atoms with Crippen LogP contribution in [0.3, 0.4) is 0 Å². The molecule has 1 fully saturated rings. The van der Waals surface area contributed by atoms with Crippen LogP contribution < -0.4 is 5.32 Å². The minimum absolute atomic E-state index is 0.0953. The van der Waals surface area contributed by atoms with Crippen molar-refractivity contribution in [2.75, 3.05) is 6.73 Å². The Morgan fingerprint density at radius 2 is 1.62 bits per heavy atom. The monoisotopic (exact) mass is 579 g/mol. The molecule has 0 bridgehead atoms. The molecule has 1 saturated heterocycles. The summed E-state index contributed by atoms with van der Waals surface area (Å²) in [6.45, 7) is 0.235. The Hall–Kier alpha value is -3.16. The topological polar surface area (TPSA) is 105 Å². The zero-order valence-corrected chi connectivity index (χ0v) is 21.2. The van der Waals surface area contributed by atoms with E-state index in [1.807, 2.05) is 0 Å². The third-order valence-electron chi connectivity index (χ3n) is 4.76. The number of urea groups is 1. The van der Waals surface area contributed by atoms with Crippen molar-refractivity contribution < 1.29 is 41.8 Å². The number of benzene rings is 2. The van der Waals surface area contributed by atoms with Gasteiger partial charge in [0.05, 0.1) is 6.54 Å². The number of nitrogens with zero attached hydrogens (tertiary/aromatic N) is 2. The molecule has 0 spiro atoms. The molecule has 1 N–H and O–H groups in total. The molecule has 3 amide bonds. The first-order valence-corrected chi connectivity index (χ1v) is 11.9. The van der Waals surface area contributed by atoms with Crippen molar-refractivity contribution in [1.29, 1.82) is 0 Å². The molecule has 198 valence electrons. The largest absolute Gasteiger partial charge is 0.490 e. The van der Waals surface area contributed by atoms with Gasteiger partial charge in [-0.2, -0.15) is 13.2 Å². The number of nitrogens with one attached hydrogen (secondary N) is 1. The highest BCUT2D eigenvalue weighted by Gasteiger charge is 2.44. The average Bonchev–Trinajstić information content (AvgIpc) is 3.12. The van der Waals surface area contributed by atoms with Gasteiger partial charge in [0, 0.05) is 27.6 Å². The fourth-order valence-corrected chi connectivity index (χ4v) is 4.21. The second-order valence-corrected chi connectivity index (χ2v) is 9.46. The van der Waals surface area contributed by atoms with Gasteiger partial charge in [-0.3, -0.25) is 14.0 Å². The zero-order valence-electron chi connectivity index (χ0n) is 18.8. The van der Waals surface area contributed by atoms with Gasteiger partial charge in [-0.1, -0.05) is 35.3 Å². The first-order chi connectivity index (χ1) is 17.3. The van der Waals surface area contributed by atoms with E-state index < -0.39 is 48.4 Å². The van der Waals surface area contributed by atoms with Crippen molar-refractivity contribution in [3.8, 4) is 0 Å². The van der Waals surface area contributed by atoms with E-state index in [2.05, 4.69) is 10.1 Å². The van der Waals surface area contributed by atoms with E-state index in [0.29, 0.717) is 15.6 Å². The van der Waals surface area contributed by atoms with Crippen LogP contribution in [0.4, 0.5) is 18.0 Å². The molecular formula is C22H18Cl2F3N3O6S. The molecule has 2 aromatic carbocycles.